The number of hydrogen-bond donors (Lipinski definition) is 2. The molecule has 3 aromatic rings. The molecule has 3 N–H and O–H groups in total. The topological polar surface area (TPSA) is 81.2 Å². The number of anilines is 2. The van der Waals surface area contributed by atoms with E-state index < -0.39 is 0 Å². The second kappa shape index (κ2) is 4.64. The van der Waals surface area contributed by atoms with E-state index in [9.17, 15) is 4.79 Å². The van der Waals surface area contributed by atoms with Crippen LogP contribution < -0.4 is 11.1 Å². The average Bonchev–Trinajstić information content (AvgIpc) is 2.93. The number of carbonyl (C=O) groups is 1. The largest absolute Gasteiger partial charge is 0.458 e. The van der Waals surface area contributed by atoms with Gasteiger partial charge in [0.25, 0.3) is 0 Å². The van der Waals surface area contributed by atoms with Gasteiger partial charge >= 0.3 is 0 Å². The van der Waals surface area contributed by atoms with Crippen molar-refractivity contribution in [2.45, 2.75) is 13.8 Å². The van der Waals surface area contributed by atoms with Gasteiger partial charge in [0.1, 0.15) is 5.76 Å². The average molecular weight is 287 g/mol. The number of para-hydroxylation sites is 1. The van der Waals surface area contributed by atoms with Gasteiger partial charge in [-0.2, -0.15) is 0 Å². The first-order chi connectivity index (χ1) is 9.56. The summed E-state index contributed by atoms with van der Waals surface area (Å²) in [5.74, 6) is 0.626. The van der Waals surface area contributed by atoms with Gasteiger partial charge in [0.05, 0.1) is 16.9 Å². The molecule has 5 nitrogen and oxygen atoms in total. The molecular weight excluding hydrogens is 274 g/mol. The van der Waals surface area contributed by atoms with Gasteiger partial charge in [-0.1, -0.05) is 12.1 Å². The minimum Gasteiger partial charge on any atom is -0.458 e. The first kappa shape index (κ1) is 12.7. The van der Waals surface area contributed by atoms with Crippen molar-refractivity contribution in [1.82, 2.24) is 4.98 Å². The van der Waals surface area contributed by atoms with E-state index in [0.29, 0.717) is 16.4 Å². The Morgan fingerprint density at radius 2 is 2.25 bits per heavy atom. The Kier molecular flexibility index (Phi) is 2.94. The number of fused-ring (bicyclic) bond motifs is 1. The van der Waals surface area contributed by atoms with Gasteiger partial charge in [-0.15, -0.1) is 11.3 Å². The van der Waals surface area contributed by atoms with Gasteiger partial charge in [0.15, 0.2) is 10.7 Å². The molecule has 0 saturated carbocycles. The molecule has 0 atom stereocenters. The van der Waals surface area contributed by atoms with Crippen LogP contribution >= 0.6 is 11.3 Å². The van der Waals surface area contributed by atoms with E-state index in [1.807, 2.05) is 24.4 Å². The summed E-state index contributed by atoms with van der Waals surface area (Å²) in [5, 5.41) is 6.08. The molecule has 0 saturated heterocycles. The number of nitrogens with two attached hydrogens (primary N) is 1. The Balaban J connectivity index is 2.14. The number of nitrogens with zero attached hydrogens (tertiary/aromatic N) is 1. The zero-order valence-corrected chi connectivity index (χ0v) is 11.9. The minimum absolute atomic E-state index is 0.135. The lowest BCUT2D eigenvalue weighted by molar-refractivity contribution is -0.114. The van der Waals surface area contributed by atoms with Crippen molar-refractivity contribution in [2.75, 3.05) is 11.1 Å². The number of rotatable bonds is 2. The standard InChI is InChI=1S/C14H13N3O2S/c1-7-12(9-4-3-5-10(15)13(9)19-7)11-6-20-14(17-11)16-8(2)18/h3-6H,15H2,1-2H3,(H,16,17,18). The normalized spacial score (nSPS) is 10.9. The molecule has 1 amide bonds. The predicted octanol–water partition coefficient (Wildman–Crippen LogP) is 3.41. The Hall–Kier alpha value is -2.34. The van der Waals surface area contributed by atoms with Gasteiger partial charge < -0.3 is 15.5 Å². The number of thiazole rings is 1. The molecular formula is C14H13N3O2S. The third-order valence-corrected chi connectivity index (χ3v) is 3.72. The molecule has 3 rings (SSSR count). The van der Waals surface area contributed by atoms with Crippen LogP contribution in [0.15, 0.2) is 28.0 Å². The number of amides is 1. The first-order valence-corrected chi connectivity index (χ1v) is 6.95. The summed E-state index contributed by atoms with van der Waals surface area (Å²) in [5.41, 5.74) is 8.89. The van der Waals surface area contributed by atoms with Gasteiger partial charge in [-0.25, -0.2) is 4.98 Å². The fourth-order valence-electron chi connectivity index (χ4n) is 2.17. The molecule has 0 aliphatic heterocycles. The number of benzene rings is 1. The summed E-state index contributed by atoms with van der Waals surface area (Å²) in [4.78, 5) is 15.5. The van der Waals surface area contributed by atoms with E-state index in [1.165, 1.54) is 18.3 Å². The van der Waals surface area contributed by atoms with E-state index in [-0.39, 0.29) is 5.91 Å². The highest BCUT2D eigenvalue weighted by atomic mass is 32.1. The number of nitrogens with one attached hydrogen (secondary N) is 1. The second-order valence-electron chi connectivity index (χ2n) is 4.48. The van der Waals surface area contributed by atoms with Crippen molar-refractivity contribution >= 4 is 39.0 Å². The lowest BCUT2D eigenvalue weighted by atomic mass is 10.1. The van der Waals surface area contributed by atoms with Crippen molar-refractivity contribution in [2.24, 2.45) is 0 Å². The van der Waals surface area contributed by atoms with Crippen LogP contribution in [0, 0.1) is 6.92 Å². The maximum Gasteiger partial charge on any atom is 0.223 e. The quantitative estimate of drug-likeness (QED) is 0.708. The molecule has 2 heterocycles. The lowest BCUT2D eigenvalue weighted by Crippen LogP contribution is -2.04. The number of aromatic nitrogens is 1. The molecule has 1 aromatic carbocycles. The molecule has 20 heavy (non-hydrogen) atoms. The summed E-state index contributed by atoms with van der Waals surface area (Å²) in [6.07, 6.45) is 0. The van der Waals surface area contributed by atoms with E-state index >= 15 is 0 Å². The molecule has 0 aliphatic rings. The van der Waals surface area contributed by atoms with Gasteiger partial charge in [0.2, 0.25) is 5.91 Å². The summed E-state index contributed by atoms with van der Waals surface area (Å²) < 4.78 is 5.73. The third-order valence-electron chi connectivity index (χ3n) is 2.97. The Labute approximate surface area is 119 Å². The maximum atomic E-state index is 11.1. The van der Waals surface area contributed by atoms with Crippen LogP contribution in [0.25, 0.3) is 22.2 Å². The van der Waals surface area contributed by atoms with E-state index in [4.69, 9.17) is 10.2 Å². The smallest absolute Gasteiger partial charge is 0.223 e. The molecule has 0 aliphatic carbocycles. The van der Waals surface area contributed by atoms with Crippen LogP contribution in [-0.4, -0.2) is 10.9 Å². The Bertz CT molecular complexity index is 804. The number of hydrogen-bond acceptors (Lipinski definition) is 5. The van der Waals surface area contributed by atoms with Crippen molar-refractivity contribution in [3.05, 3.63) is 29.3 Å². The Morgan fingerprint density at radius 3 is 3.00 bits per heavy atom. The molecule has 0 unspecified atom stereocenters. The van der Waals surface area contributed by atoms with Crippen molar-refractivity contribution in [3.8, 4) is 11.3 Å². The predicted molar refractivity (Wildman–Crippen MR) is 80.8 cm³/mol. The fraction of sp³-hybridized carbons (Fsp3) is 0.143. The van der Waals surface area contributed by atoms with Crippen LogP contribution in [-0.2, 0) is 4.79 Å². The van der Waals surface area contributed by atoms with Crippen LogP contribution in [0.3, 0.4) is 0 Å². The third kappa shape index (κ3) is 2.04. The summed E-state index contributed by atoms with van der Waals surface area (Å²) >= 11 is 1.38. The first-order valence-electron chi connectivity index (χ1n) is 6.07. The highest BCUT2D eigenvalue weighted by Gasteiger charge is 2.17. The number of aryl methyl sites for hydroxylation is 1. The van der Waals surface area contributed by atoms with Gasteiger partial charge in [-0.05, 0) is 13.0 Å². The van der Waals surface area contributed by atoms with Crippen molar-refractivity contribution in [1.29, 1.82) is 0 Å². The monoisotopic (exact) mass is 287 g/mol. The lowest BCUT2D eigenvalue weighted by Gasteiger charge is -1.96. The molecule has 0 radical (unpaired) electrons. The van der Waals surface area contributed by atoms with Crippen LogP contribution in [0.1, 0.15) is 12.7 Å². The van der Waals surface area contributed by atoms with Gasteiger partial charge in [-0.3, -0.25) is 4.79 Å². The molecule has 6 heteroatoms. The number of carbonyl (C=O) groups excluding carboxylic acids is 1. The SMILES string of the molecule is CC(=O)Nc1nc(-c2c(C)oc3c(N)cccc23)cs1. The zero-order chi connectivity index (χ0) is 14.3. The van der Waals surface area contributed by atoms with Crippen molar-refractivity contribution in [3.63, 3.8) is 0 Å². The van der Waals surface area contributed by atoms with E-state index in [0.717, 1.165) is 22.4 Å². The summed E-state index contributed by atoms with van der Waals surface area (Å²) in [6.45, 7) is 3.34. The summed E-state index contributed by atoms with van der Waals surface area (Å²) in [6, 6.07) is 5.64. The van der Waals surface area contributed by atoms with Gasteiger partial charge in [0, 0.05) is 17.7 Å². The summed E-state index contributed by atoms with van der Waals surface area (Å²) in [7, 11) is 0. The molecule has 102 valence electrons. The molecule has 0 bridgehead atoms. The minimum atomic E-state index is -0.135. The highest BCUT2D eigenvalue weighted by molar-refractivity contribution is 7.14. The molecule has 2 aromatic heterocycles. The molecule has 0 fully saturated rings. The second-order valence-corrected chi connectivity index (χ2v) is 5.33. The highest BCUT2D eigenvalue weighted by Crippen LogP contribution is 2.37. The number of furan rings is 1. The van der Waals surface area contributed by atoms with E-state index in [1.54, 1.807) is 6.07 Å². The van der Waals surface area contributed by atoms with Crippen LogP contribution in [0.2, 0.25) is 0 Å². The van der Waals surface area contributed by atoms with Crippen molar-refractivity contribution < 1.29 is 9.21 Å². The van der Waals surface area contributed by atoms with Crippen LogP contribution in [0.4, 0.5) is 10.8 Å². The Morgan fingerprint density at radius 1 is 1.45 bits per heavy atom. The maximum absolute atomic E-state index is 11.1. The molecule has 0 spiro atoms. The number of nitrogen functional groups attached to an aromatic ring is 1. The van der Waals surface area contributed by atoms with Crippen LogP contribution in [0.5, 0.6) is 0 Å². The fourth-order valence-corrected chi connectivity index (χ4v) is 2.92. The van der Waals surface area contributed by atoms with E-state index in [2.05, 4.69) is 10.3 Å². The zero-order valence-electron chi connectivity index (χ0n) is 11.1.